The fourth-order valence-electron chi connectivity index (χ4n) is 2.27. The van der Waals surface area contributed by atoms with Crippen LogP contribution in [0, 0.1) is 0 Å². The summed E-state index contributed by atoms with van der Waals surface area (Å²) in [5.41, 5.74) is 1.15. The number of aryl methyl sites for hydroxylation is 1. The Kier molecular flexibility index (Phi) is 3.98. The molecule has 2 heterocycles. The monoisotopic (exact) mass is 251 g/mol. The number of carbonyl (C=O) groups excluding carboxylic acids is 1. The van der Waals surface area contributed by atoms with Crippen LogP contribution in [-0.4, -0.2) is 65.3 Å². The topological polar surface area (TPSA) is 53.4 Å². The van der Waals surface area contributed by atoms with Crippen LogP contribution >= 0.6 is 0 Å². The molecule has 0 aliphatic carbocycles. The van der Waals surface area contributed by atoms with Crippen LogP contribution in [0.2, 0.25) is 0 Å². The molecule has 0 radical (unpaired) electrons. The summed E-state index contributed by atoms with van der Waals surface area (Å²) in [7, 11) is 5.52. The molecule has 1 aromatic heterocycles. The zero-order chi connectivity index (χ0) is 13.1. The molecule has 1 aliphatic heterocycles. The first kappa shape index (κ1) is 13.0. The van der Waals surface area contributed by atoms with Crippen molar-refractivity contribution in [3.05, 3.63) is 18.0 Å². The molecule has 1 aliphatic rings. The molecule has 1 saturated heterocycles. The number of nitrogens with zero attached hydrogens (tertiary/aromatic N) is 4. The summed E-state index contributed by atoms with van der Waals surface area (Å²) in [5, 5.41) is 7.45. The lowest BCUT2D eigenvalue weighted by Crippen LogP contribution is -2.57. The molecule has 2 rings (SSSR count). The Hall–Kier alpha value is -1.40. The van der Waals surface area contributed by atoms with E-state index in [-0.39, 0.29) is 11.9 Å². The van der Waals surface area contributed by atoms with E-state index in [0.29, 0.717) is 0 Å². The highest BCUT2D eigenvalue weighted by Crippen LogP contribution is 2.11. The van der Waals surface area contributed by atoms with Crippen LogP contribution in [0.5, 0.6) is 0 Å². The van der Waals surface area contributed by atoms with Crippen molar-refractivity contribution in [2.45, 2.75) is 12.6 Å². The summed E-state index contributed by atoms with van der Waals surface area (Å²) < 4.78 is 1.79. The van der Waals surface area contributed by atoms with Gasteiger partial charge in [0.15, 0.2) is 0 Å². The predicted octanol–water partition coefficient (Wildman–Crippen LogP) is -0.718. The second-order valence-corrected chi connectivity index (χ2v) is 4.95. The van der Waals surface area contributed by atoms with E-state index in [2.05, 4.69) is 15.3 Å². The zero-order valence-corrected chi connectivity index (χ0v) is 11.3. The Morgan fingerprint density at radius 1 is 1.61 bits per heavy atom. The second-order valence-electron chi connectivity index (χ2n) is 4.95. The van der Waals surface area contributed by atoms with Gasteiger partial charge >= 0.3 is 0 Å². The van der Waals surface area contributed by atoms with Gasteiger partial charge in [0.25, 0.3) is 0 Å². The lowest BCUT2D eigenvalue weighted by atomic mass is 10.1. The van der Waals surface area contributed by atoms with E-state index in [1.165, 1.54) is 0 Å². The van der Waals surface area contributed by atoms with Gasteiger partial charge < -0.3 is 10.2 Å². The van der Waals surface area contributed by atoms with Crippen LogP contribution in [0.1, 0.15) is 5.56 Å². The molecular formula is C12H21N5O. The summed E-state index contributed by atoms with van der Waals surface area (Å²) in [6, 6.07) is -0.0750. The maximum absolute atomic E-state index is 12.1. The predicted molar refractivity (Wildman–Crippen MR) is 69.0 cm³/mol. The highest BCUT2D eigenvalue weighted by atomic mass is 16.2. The third-order valence-electron chi connectivity index (χ3n) is 3.22. The molecule has 1 unspecified atom stereocenters. The molecule has 18 heavy (non-hydrogen) atoms. The van der Waals surface area contributed by atoms with Crippen LogP contribution in [-0.2, 0) is 18.4 Å². The number of likely N-dealkylation sites (N-methyl/N-ethyl adjacent to an activating group) is 1. The first-order chi connectivity index (χ1) is 8.58. The minimum atomic E-state index is -0.0750. The molecule has 6 nitrogen and oxygen atoms in total. The summed E-state index contributed by atoms with van der Waals surface area (Å²) in [4.78, 5) is 16.0. The van der Waals surface area contributed by atoms with E-state index >= 15 is 0 Å². The van der Waals surface area contributed by atoms with E-state index in [9.17, 15) is 4.79 Å². The van der Waals surface area contributed by atoms with Crippen molar-refractivity contribution in [1.82, 2.24) is 24.9 Å². The van der Waals surface area contributed by atoms with Gasteiger partial charge in [-0.1, -0.05) is 0 Å². The maximum atomic E-state index is 12.1. The number of rotatable bonds is 3. The van der Waals surface area contributed by atoms with Crippen molar-refractivity contribution in [1.29, 1.82) is 0 Å². The third-order valence-corrected chi connectivity index (χ3v) is 3.22. The maximum Gasteiger partial charge on any atom is 0.240 e. The molecule has 0 aromatic carbocycles. The molecule has 1 N–H and O–H groups in total. The number of piperazine rings is 1. The van der Waals surface area contributed by atoms with Crippen molar-refractivity contribution < 1.29 is 4.79 Å². The second kappa shape index (κ2) is 5.49. The van der Waals surface area contributed by atoms with E-state index in [0.717, 1.165) is 31.7 Å². The molecule has 6 heteroatoms. The molecule has 0 saturated carbocycles. The summed E-state index contributed by atoms with van der Waals surface area (Å²) in [6.45, 7) is 3.31. The molecule has 100 valence electrons. The minimum Gasteiger partial charge on any atom is -0.347 e. The van der Waals surface area contributed by atoms with Gasteiger partial charge in [-0.05, 0) is 0 Å². The van der Waals surface area contributed by atoms with E-state index in [4.69, 9.17) is 0 Å². The normalized spacial score (nSPS) is 20.9. The first-order valence-electron chi connectivity index (χ1n) is 6.21. The van der Waals surface area contributed by atoms with E-state index in [1.807, 2.05) is 19.4 Å². The van der Waals surface area contributed by atoms with Crippen LogP contribution in [0.15, 0.2) is 12.4 Å². The third kappa shape index (κ3) is 2.88. The number of aromatic nitrogens is 2. The number of carbonyl (C=O) groups is 1. The van der Waals surface area contributed by atoms with Gasteiger partial charge in [-0.25, -0.2) is 0 Å². The molecule has 0 bridgehead atoms. The van der Waals surface area contributed by atoms with Gasteiger partial charge in [0, 0.05) is 59.1 Å². The number of hydrogen-bond acceptors (Lipinski definition) is 4. The van der Waals surface area contributed by atoms with Crippen molar-refractivity contribution in [2.24, 2.45) is 7.05 Å². The average Bonchev–Trinajstić information content (AvgIpc) is 2.74. The van der Waals surface area contributed by atoms with Crippen molar-refractivity contribution in [3.63, 3.8) is 0 Å². The average molecular weight is 251 g/mol. The molecule has 1 aromatic rings. The van der Waals surface area contributed by atoms with Gasteiger partial charge in [-0.15, -0.1) is 0 Å². The van der Waals surface area contributed by atoms with Crippen molar-refractivity contribution in [2.75, 3.05) is 33.7 Å². The highest BCUT2D eigenvalue weighted by Gasteiger charge is 2.29. The smallest absolute Gasteiger partial charge is 0.240 e. The van der Waals surface area contributed by atoms with Gasteiger partial charge in [0.05, 0.1) is 6.20 Å². The van der Waals surface area contributed by atoms with Crippen LogP contribution in [0.3, 0.4) is 0 Å². The minimum absolute atomic E-state index is 0.0750. The number of hydrogen-bond donors (Lipinski definition) is 1. The lowest BCUT2D eigenvalue weighted by Gasteiger charge is -2.36. The fraction of sp³-hybridized carbons (Fsp3) is 0.667. The van der Waals surface area contributed by atoms with Crippen LogP contribution in [0.4, 0.5) is 0 Å². The SMILES string of the molecule is CN(C)C(=O)C1CNCCN1Cc1cnn(C)c1. The Labute approximate surface area is 108 Å². The Bertz CT molecular complexity index is 414. The molecule has 1 atom stereocenters. The van der Waals surface area contributed by atoms with E-state index in [1.54, 1.807) is 23.7 Å². The lowest BCUT2D eigenvalue weighted by molar-refractivity contribution is -0.135. The largest absolute Gasteiger partial charge is 0.347 e. The van der Waals surface area contributed by atoms with Gasteiger partial charge in [0.2, 0.25) is 5.91 Å². The molecule has 1 fully saturated rings. The quantitative estimate of drug-likeness (QED) is 0.770. The van der Waals surface area contributed by atoms with Gasteiger partial charge in [-0.2, -0.15) is 5.10 Å². The van der Waals surface area contributed by atoms with Crippen molar-refractivity contribution >= 4 is 5.91 Å². The molecule has 1 amide bonds. The van der Waals surface area contributed by atoms with Crippen molar-refractivity contribution in [3.8, 4) is 0 Å². The van der Waals surface area contributed by atoms with E-state index < -0.39 is 0 Å². The van der Waals surface area contributed by atoms with Gasteiger partial charge in [-0.3, -0.25) is 14.4 Å². The van der Waals surface area contributed by atoms with Crippen LogP contribution < -0.4 is 5.32 Å². The highest BCUT2D eigenvalue weighted by molar-refractivity contribution is 5.81. The summed E-state index contributed by atoms with van der Waals surface area (Å²) in [5.74, 6) is 0.158. The zero-order valence-electron chi connectivity index (χ0n) is 11.3. The standard InChI is InChI=1S/C12H21N5O/c1-15(2)12(18)11-7-13-4-5-17(11)9-10-6-14-16(3)8-10/h6,8,11,13H,4-5,7,9H2,1-3H3. The Morgan fingerprint density at radius 2 is 2.39 bits per heavy atom. The molecule has 0 spiro atoms. The first-order valence-corrected chi connectivity index (χ1v) is 6.21. The Morgan fingerprint density at radius 3 is 3.00 bits per heavy atom. The van der Waals surface area contributed by atoms with Crippen LogP contribution in [0.25, 0.3) is 0 Å². The number of nitrogens with one attached hydrogen (secondary N) is 1. The summed E-state index contributed by atoms with van der Waals surface area (Å²) >= 11 is 0. The number of amides is 1. The van der Waals surface area contributed by atoms with Gasteiger partial charge in [0.1, 0.15) is 6.04 Å². The summed E-state index contributed by atoms with van der Waals surface area (Å²) in [6.07, 6.45) is 3.86. The fourth-order valence-corrected chi connectivity index (χ4v) is 2.27. The molecular weight excluding hydrogens is 230 g/mol. The Balaban J connectivity index is 2.06.